The van der Waals surface area contributed by atoms with E-state index in [-0.39, 0.29) is 5.75 Å². The summed E-state index contributed by atoms with van der Waals surface area (Å²) in [7, 11) is 0. The molecule has 3 rings (SSSR count). The second-order valence-electron chi connectivity index (χ2n) is 10.2. The number of aromatic hydroxyl groups is 1. The number of phenolic OH excluding ortho intramolecular Hbond substituents is 1. The van der Waals surface area contributed by atoms with Crippen molar-refractivity contribution < 1.29 is 75.9 Å². The van der Waals surface area contributed by atoms with E-state index in [1.54, 1.807) is 0 Å². The molecule has 0 amide bonds. The molecule has 15 nitrogen and oxygen atoms in total. The summed E-state index contributed by atoms with van der Waals surface area (Å²) >= 11 is 0. The van der Waals surface area contributed by atoms with Crippen molar-refractivity contribution in [3.8, 4) is 5.75 Å². The van der Waals surface area contributed by atoms with E-state index in [1.165, 1.54) is 30.3 Å². The zero-order chi connectivity index (χ0) is 31.5. The highest BCUT2D eigenvalue weighted by atomic mass is 16.5. The second kappa shape index (κ2) is 13.6. The molecule has 0 bridgehead atoms. The fourth-order valence-electron chi connectivity index (χ4n) is 4.80. The zero-order valence-electron chi connectivity index (χ0n) is 22.1. The highest BCUT2D eigenvalue weighted by molar-refractivity contribution is 6.07. The minimum absolute atomic E-state index is 0.0565. The first kappa shape index (κ1) is 33.6. The van der Waals surface area contributed by atoms with Gasteiger partial charge in [-0.05, 0) is 30.2 Å². The fraction of sp³-hybridized carbons (Fsp3) is 0.519. The van der Waals surface area contributed by atoms with Crippen LogP contribution >= 0.6 is 0 Å². The maximum atomic E-state index is 13.2. The standard InChI is InChI=1S/C27H36O15/c28-8-7-16(31)19(34)22(37)26(40)27(41)24(38)13(15(30)6-3-11-1-4-12(29)5-2-11)9-14(25(27)39)18(33)23-21(36)20(35)17(32)10-42-23/h1-6,16-23,26,28-29,31-41H,7-10H2/b6-3+/t16-,17?,18?,19+,20?,21?,22?,23?,26-,27?/m0/s1. The Balaban J connectivity index is 2.08. The molecule has 10 atom stereocenters. The van der Waals surface area contributed by atoms with Gasteiger partial charge in [0.25, 0.3) is 0 Å². The lowest BCUT2D eigenvalue weighted by atomic mass is 9.74. The van der Waals surface area contributed by atoms with Crippen LogP contribution < -0.4 is 0 Å². The van der Waals surface area contributed by atoms with Gasteiger partial charge >= 0.3 is 0 Å². The lowest BCUT2D eigenvalue weighted by Crippen LogP contribution is -2.60. The average Bonchev–Trinajstić information content (AvgIpc) is 2.97. The fourth-order valence-corrected chi connectivity index (χ4v) is 4.80. The van der Waals surface area contributed by atoms with Crippen LogP contribution in [0.5, 0.6) is 5.75 Å². The van der Waals surface area contributed by atoms with Crippen molar-refractivity contribution in [2.75, 3.05) is 13.2 Å². The Morgan fingerprint density at radius 3 is 2.17 bits per heavy atom. The van der Waals surface area contributed by atoms with E-state index in [0.717, 1.165) is 6.08 Å². The summed E-state index contributed by atoms with van der Waals surface area (Å²) in [6.07, 6.45) is -17.7. The van der Waals surface area contributed by atoms with Crippen LogP contribution in [-0.2, 0) is 9.53 Å². The van der Waals surface area contributed by atoms with Gasteiger partial charge in [-0.25, -0.2) is 0 Å². The molecule has 2 aliphatic rings. The highest BCUT2D eigenvalue weighted by Crippen LogP contribution is 2.42. The van der Waals surface area contributed by atoms with Crippen molar-refractivity contribution >= 4 is 11.9 Å². The van der Waals surface area contributed by atoms with E-state index in [1.807, 2.05) is 0 Å². The van der Waals surface area contributed by atoms with Crippen molar-refractivity contribution in [2.24, 2.45) is 0 Å². The molecule has 1 aliphatic heterocycles. The number of hydrogen-bond donors (Lipinski definition) is 13. The first-order valence-electron chi connectivity index (χ1n) is 12.9. The van der Waals surface area contributed by atoms with Crippen LogP contribution in [0.3, 0.4) is 0 Å². The summed E-state index contributed by atoms with van der Waals surface area (Å²) in [5.74, 6) is -3.87. The third kappa shape index (κ3) is 6.51. The monoisotopic (exact) mass is 600 g/mol. The van der Waals surface area contributed by atoms with Crippen molar-refractivity contribution in [1.29, 1.82) is 0 Å². The van der Waals surface area contributed by atoms with Crippen molar-refractivity contribution in [3.05, 3.63) is 58.6 Å². The predicted molar refractivity (Wildman–Crippen MR) is 141 cm³/mol. The van der Waals surface area contributed by atoms with Crippen LogP contribution in [0, 0.1) is 0 Å². The molecule has 42 heavy (non-hydrogen) atoms. The molecule has 1 fully saturated rings. The van der Waals surface area contributed by atoms with Crippen molar-refractivity contribution in [1.82, 2.24) is 0 Å². The van der Waals surface area contributed by atoms with Crippen molar-refractivity contribution in [3.63, 3.8) is 0 Å². The van der Waals surface area contributed by atoms with Crippen LogP contribution in [0.2, 0.25) is 0 Å². The molecule has 234 valence electrons. The zero-order valence-corrected chi connectivity index (χ0v) is 22.1. The minimum Gasteiger partial charge on any atom is -0.509 e. The second-order valence-corrected chi connectivity index (χ2v) is 10.2. The van der Waals surface area contributed by atoms with Crippen LogP contribution in [0.1, 0.15) is 18.4 Å². The normalized spacial score (nSPS) is 30.7. The van der Waals surface area contributed by atoms with Gasteiger partial charge in [0.05, 0.1) is 12.7 Å². The van der Waals surface area contributed by atoms with Crippen LogP contribution in [0.25, 0.3) is 6.08 Å². The lowest BCUT2D eigenvalue weighted by molar-refractivity contribution is -0.207. The number of benzene rings is 1. The van der Waals surface area contributed by atoms with Crippen molar-refractivity contribution in [2.45, 2.75) is 73.4 Å². The number of aliphatic hydroxyl groups is 12. The Labute approximate surface area is 239 Å². The molecule has 13 N–H and O–H groups in total. The summed E-state index contributed by atoms with van der Waals surface area (Å²) in [5.41, 5.74) is -4.50. The summed E-state index contributed by atoms with van der Waals surface area (Å²) in [4.78, 5) is 13.2. The Morgan fingerprint density at radius 1 is 0.952 bits per heavy atom. The Bertz CT molecular complexity index is 1190. The Kier molecular flexibility index (Phi) is 10.9. The van der Waals surface area contributed by atoms with E-state index in [0.29, 0.717) is 5.56 Å². The number of ketones is 1. The molecule has 0 aromatic heterocycles. The summed E-state index contributed by atoms with van der Waals surface area (Å²) < 4.78 is 5.20. The molecule has 0 radical (unpaired) electrons. The molecule has 1 saturated heterocycles. The van der Waals surface area contributed by atoms with Gasteiger partial charge in [0.15, 0.2) is 5.78 Å². The molecular formula is C27H36O15. The molecule has 1 aromatic rings. The first-order chi connectivity index (χ1) is 19.7. The van der Waals surface area contributed by atoms with Crippen LogP contribution in [-0.4, -0.2) is 146 Å². The number of allylic oxidation sites excluding steroid dienone is 2. The third-order valence-electron chi connectivity index (χ3n) is 7.43. The third-order valence-corrected chi connectivity index (χ3v) is 7.43. The summed E-state index contributed by atoms with van der Waals surface area (Å²) in [6, 6.07) is 5.52. The van der Waals surface area contributed by atoms with E-state index >= 15 is 0 Å². The maximum Gasteiger partial charge on any atom is 0.207 e. The molecule has 1 heterocycles. The molecular weight excluding hydrogens is 564 g/mol. The molecule has 15 heteroatoms. The largest absolute Gasteiger partial charge is 0.509 e. The van der Waals surface area contributed by atoms with Crippen LogP contribution in [0.15, 0.2) is 53.0 Å². The number of phenols is 1. The quantitative estimate of drug-likeness (QED) is 0.109. The van der Waals surface area contributed by atoms with Gasteiger partial charge in [0.2, 0.25) is 5.60 Å². The summed E-state index contributed by atoms with van der Waals surface area (Å²) in [5, 5.41) is 135. The number of carbonyl (C=O) groups is 1. The van der Waals surface area contributed by atoms with E-state index in [9.17, 15) is 66.1 Å². The van der Waals surface area contributed by atoms with Gasteiger partial charge in [-0.1, -0.05) is 18.2 Å². The average molecular weight is 601 g/mol. The Hall–Kier alpha value is -2.93. The molecule has 1 aromatic carbocycles. The first-order valence-corrected chi connectivity index (χ1v) is 12.9. The highest BCUT2D eigenvalue weighted by Gasteiger charge is 2.56. The van der Waals surface area contributed by atoms with Gasteiger partial charge in [-0.3, -0.25) is 4.79 Å². The minimum atomic E-state index is -3.48. The smallest absolute Gasteiger partial charge is 0.207 e. The number of hydrogen-bond acceptors (Lipinski definition) is 15. The van der Waals surface area contributed by atoms with Crippen LogP contribution in [0.4, 0.5) is 0 Å². The van der Waals surface area contributed by atoms with E-state index in [2.05, 4.69) is 0 Å². The SMILES string of the molecule is O=C(/C=C/c1ccc(O)cc1)C1=C(O)C(O)([C@@H](O)C(O)[C@H](O)[C@@H](O)CCO)C(O)=C(C(O)C2OCC(O)C(O)C2O)C1. The van der Waals surface area contributed by atoms with Gasteiger partial charge in [-0.15, -0.1) is 0 Å². The predicted octanol–water partition coefficient (Wildman–Crippen LogP) is -3.60. The van der Waals surface area contributed by atoms with Gasteiger partial charge in [0.1, 0.15) is 66.1 Å². The maximum absolute atomic E-state index is 13.2. The van der Waals surface area contributed by atoms with Gasteiger partial charge in [-0.2, -0.15) is 0 Å². The molecule has 7 unspecified atom stereocenters. The number of rotatable bonds is 11. The Morgan fingerprint density at radius 2 is 1.57 bits per heavy atom. The molecule has 1 aliphatic carbocycles. The number of ether oxygens (including phenoxy) is 1. The topological polar surface area (TPSA) is 289 Å². The van der Waals surface area contributed by atoms with E-state index < -0.39 is 115 Å². The van der Waals surface area contributed by atoms with Gasteiger partial charge < -0.3 is 71.1 Å². The lowest BCUT2D eigenvalue weighted by Gasteiger charge is -2.43. The van der Waals surface area contributed by atoms with Gasteiger partial charge in [0, 0.05) is 24.2 Å². The number of aliphatic hydroxyl groups excluding tert-OH is 11. The molecule has 0 spiro atoms. The summed E-state index contributed by atoms with van der Waals surface area (Å²) in [6.45, 7) is -1.22. The number of carbonyl (C=O) groups excluding carboxylic acids is 1. The van der Waals surface area contributed by atoms with E-state index in [4.69, 9.17) is 9.84 Å². The molecule has 0 saturated carbocycles.